The summed E-state index contributed by atoms with van der Waals surface area (Å²) in [7, 11) is 0. The average molecular weight is 224 g/mol. The number of carbonyl (C=O) groups is 1. The van der Waals surface area contributed by atoms with E-state index in [0.717, 1.165) is 38.8 Å². The number of likely N-dealkylation sites (tertiary alicyclic amines) is 1. The Balaban J connectivity index is 1.99. The molecule has 92 valence electrons. The Labute approximate surface area is 98.4 Å². The molecule has 3 nitrogen and oxygen atoms in total. The van der Waals surface area contributed by atoms with Crippen molar-refractivity contribution in [2.24, 2.45) is 11.1 Å². The molecular formula is C13H24N2O. The highest BCUT2D eigenvalue weighted by molar-refractivity contribution is 5.82. The van der Waals surface area contributed by atoms with Crippen LogP contribution in [-0.4, -0.2) is 29.9 Å². The summed E-state index contributed by atoms with van der Waals surface area (Å²) in [4.78, 5) is 14.5. The number of hydrogen-bond donors (Lipinski definition) is 1. The van der Waals surface area contributed by atoms with Crippen LogP contribution in [0.1, 0.15) is 51.9 Å². The fraction of sp³-hybridized carbons (Fsp3) is 0.923. The van der Waals surface area contributed by atoms with E-state index in [1.54, 1.807) is 0 Å². The van der Waals surface area contributed by atoms with Gasteiger partial charge >= 0.3 is 0 Å². The third-order valence-corrected chi connectivity index (χ3v) is 4.22. The maximum atomic E-state index is 12.5. The largest absolute Gasteiger partial charge is 0.341 e. The molecule has 2 N–H and O–H groups in total. The van der Waals surface area contributed by atoms with Crippen LogP contribution in [0.25, 0.3) is 0 Å². The molecule has 0 aromatic rings. The van der Waals surface area contributed by atoms with Crippen molar-refractivity contribution in [2.45, 2.75) is 57.9 Å². The van der Waals surface area contributed by atoms with E-state index in [9.17, 15) is 4.79 Å². The minimum atomic E-state index is -0.0880. The Morgan fingerprint density at radius 3 is 2.56 bits per heavy atom. The molecule has 2 rings (SSSR count). The quantitative estimate of drug-likeness (QED) is 0.739. The first kappa shape index (κ1) is 11.9. The minimum absolute atomic E-state index is 0.0880. The number of nitrogens with two attached hydrogens (primary N) is 1. The molecular weight excluding hydrogens is 200 g/mol. The van der Waals surface area contributed by atoms with Crippen molar-refractivity contribution in [2.75, 3.05) is 13.1 Å². The van der Waals surface area contributed by atoms with Crippen LogP contribution >= 0.6 is 0 Å². The van der Waals surface area contributed by atoms with Gasteiger partial charge in [-0.05, 0) is 25.7 Å². The zero-order valence-electron chi connectivity index (χ0n) is 10.4. The Bertz CT molecular complexity index is 259. The van der Waals surface area contributed by atoms with Crippen LogP contribution in [0.3, 0.4) is 0 Å². The maximum Gasteiger partial charge on any atom is 0.228 e. The fourth-order valence-electron chi connectivity index (χ4n) is 3.12. The van der Waals surface area contributed by atoms with Crippen LogP contribution in [0, 0.1) is 5.41 Å². The van der Waals surface area contributed by atoms with Crippen LogP contribution in [0.2, 0.25) is 0 Å². The van der Waals surface area contributed by atoms with Gasteiger partial charge in [0.05, 0.1) is 0 Å². The van der Waals surface area contributed by atoms with Crippen molar-refractivity contribution < 1.29 is 4.79 Å². The van der Waals surface area contributed by atoms with E-state index in [-0.39, 0.29) is 11.5 Å². The zero-order valence-corrected chi connectivity index (χ0v) is 10.4. The van der Waals surface area contributed by atoms with Crippen molar-refractivity contribution in [3.8, 4) is 0 Å². The van der Waals surface area contributed by atoms with Crippen LogP contribution in [-0.2, 0) is 4.79 Å². The van der Waals surface area contributed by atoms with Gasteiger partial charge in [-0.15, -0.1) is 0 Å². The van der Waals surface area contributed by atoms with Crippen LogP contribution in [0.4, 0.5) is 0 Å². The van der Waals surface area contributed by atoms with Crippen molar-refractivity contribution in [1.82, 2.24) is 4.90 Å². The highest BCUT2D eigenvalue weighted by atomic mass is 16.2. The molecule has 0 bridgehead atoms. The molecule has 0 spiro atoms. The second-order valence-electron chi connectivity index (χ2n) is 5.77. The van der Waals surface area contributed by atoms with Gasteiger partial charge in [-0.25, -0.2) is 0 Å². The standard InChI is InChI=1S/C13H24N2O/c1-13(7-3-2-4-8-13)12(16)15-9-5-6-11(14)10-15/h11H,2-10,14H2,1H3/t11-/m0/s1. The number of nitrogens with zero attached hydrogens (tertiary/aromatic N) is 1. The Hall–Kier alpha value is -0.570. The molecule has 1 aliphatic heterocycles. The minimum Gasteiger partial charge on any atom is -0.341 e. The smallest absolute Gasteiger partial charge is 0.228 e. The van der Waals surface area contributed by atoms with E-state index in [1.807, 2.05) is 4.90 Å². The molecule has 1 aliphatic carbocycles. The predicted octanol–water partition coefficient (Wildman–Crippen LogP) is 1.91. The summed E-state index contributed by atoms with van der Waals surface area (Å²) in [6.07, 6.45) is 7.99. The number of amides is 1. The van der Waals surface area contributed by atoms with Crippen LogP contribution in [0.5, 0.6) is 0 Å². The van der Waals surface area contributed by atoms with E-state index >= 15 is 0 Å². The van der Waals surface area contributed by atoms with Gasteiger partial charge in [0, 0.05) is 24.5 Å². The molecule has 0 aromatic heterocycles. The lowest BCUT2D eigenvalue weighted by Gasteiger charge is -2.40. The molecule has 1 saturated carbocycles. The van der Waals surface area contributed by atoms with E-state index < -0.39 is 0 Å². The van der Waals surface area contributed by atoms with Gasteiger partial charge in [0.25, 0.3) is 0 Å². The maximum absolute atomic E-state index is 12.5. The van der Waals surface area contributed by atoms with Gasteiger partial charge in [0.2, 0.25) is 5.91 Å². The summed E-state index contributed by atoms with van der Waals surface area (Å²) < 4.78 is 0. The lowest BCUT2D eigenvalue weighted by atomic mass is 9.74. The van der Waals surface area contributed by atoms with Gasteiger partial charge in [0.1, 0.15) is 0 Å². The van der Waals surface area contributed by atoms with Crippen LogP contribution in [0.15, 0.2) is 0 Å². The van der Waals surface area contributed by atoms with Crippen molar-refractivity contribution in [1.29, 1.82) is 0 Å². The molecule has 2 aliphatic rings. The molecule has 2 fully saturated rings. The van der Waals surface area contributed by atoms with Gasteiger partial charge < -0.3 is 10.6 Å². The first-order valence-corrected chi connectivity index (χ1v) is 6.67. The summed E-state index contributed by atoms with van der Waals surface area (Å²) in [5.41, 5.74) is 5.85. The third-order valence-electron chi connectivity index (χ3n) is 4.22. The number of piperidine rings is 1. The first-order valence-electron chi connectivity index (χ1n) is 6.67. The van der Waals surface area contributed by atoms with E-state index in [1.165, 1.54) is 19.3 Å². The Kier molecular flexibility index (Phi) is 3.53. The molecule has 0 aromatic carbocycles. The molecule has 0 unspecified atom stereocenters. The average Bonchev–Trinajstić information content (AvgIpc) is 2.29. The second kappa shape index (κ2) is 4.74. The molecule has 1 atom stereocenters. The molecule has 1 heterocycles. The van der Waals surface area contributed by atoms with Crippen molar-refractivity contribution in [3.05, 3.63) is 0 Å². The van der Waals surface area contributed by atoms with E-state index in [4.69, 9.17) is 5.73 Å². The van der Waals surface area contributed by atoms with Gasteiger partial charge in [0.15, 0.2) is 0 Å². The zero-order chi connectivity index (χ0) is 11.6. The lowest BCUT2D eigenvalue weighted by molar-refractivity contribution is -0.144. The number of hydrogen-bond acceptors (Lipinski definition) is 2. The fourth-order valence-corrected chi connectivity index (χ4v) is 3.12. The van der Waals surface area contributed by atoms with E-state index in [0.29, 0.717) is 5.91 Å². The molecule has 1 amide bonds. The molecule has 1 saturated heterocycles. The second-order valence-corrected chi connectivity index (χ2v) is 5.77. The molecule has 3 heteroatoms. The summed E-state index contributed by atoms with van der Waals surface area (Å²) in [6.45, 7) is 3.84. The number of carbonyl (C=O) groups excluding carboxylic acids is 1. The van der Waals surface area contributed by atoms with Gasteiger partial charge in [-0.2, -0.15) is 0 Å². The first-order chi connectivity index (χ1) is 7.62. The highest BCUT2D eigenvalue weighted by Crippen LogP contribution is 2.37. The van der Waals surface area contributed by atoms with Gasteiger partial charge in [-0.1, -0.05) is 26.2 Å². The molecule has 0 radical (unpaired) electrons. The van der Waals surface area contributed by atoms with Gasteiger partial charge in [-0.3, -0.25) is 4.79 Å². The van der Waals surface area contributed by atoms with E-state index in [2.05, 4.69) is 6.92 Å². The monoisotopic (exact) mass is 224 g/mol. The summed E-state index contributed by atoms with van der Waals surface area (Å²) in [6, 6.07) is 0.199. The summed E-state index contributed by atoms with van der Waals surface area (Å²) >= 11 is 0. The third kappa shape index (κ3) is 2.40. The Morgan fingerprint density at radius 1 is 1.25 bits per heavy atom. The summed E-state index contributed by atoms with van der Waals surface area (Å²) in [5, 5.41) is 0. The lowest BCUT2D eigenvalue weighted by Crippen LogP contribution is -2.51. The SMILES string of the molecule is CC1(C(=O)N2CCC[C@H](N)C2)CCCCC1. The highest BCUT2D eigenvalue weighted by Gasteiger charge is 2.38. The van der Waals surface area contributed by atoms with Crippen LogP contribution < -0.4 is 5.73 Å². The number of rotatable bonds is 1. The predicted molar refractivity (Wildman–Crippen MR) is 65.0 cm³/mol. The summed E-state index contributed by atoms with van der Waals surface area (Å²) in [5.74, 6) is 0.363. The normalized spacial score (nSPS) is 30.1. The topological polar surface area (TPSA) is 46.3 Å². The Morgan fingerprint density at radius 2 is 1.94 bits per heavy atom. The molecule has 16 heavy (non-hydrogen) atoms. The van der Waals surface area contributed by atoms with Crippen molar-refractivity contribution >= 4 is 5.91 Å². The van der Waals surface area contributed by atoms with Crippen molar-refractivity contribution in [3.63, 3.8) is 0 Å².